The first-order chi connectivity index (χ1) is 6.16. The van der Waals surface area contributed by atoms with Crippen molar-refractivity contribution >= 4 is 38.4 Å². The van der Waals surface area contributed by atoms with Crippen molar-refractivity contribution in [2.45, 2.75) is 0 Å². The van der Waals surface area contributed by atoms with Crippen LogP contribution in [0.2, 0.25) is 5.15 Å². The Balaban J connectivity index is 2.87. The zero-order valence-corrected chi connectivity index (χ0v) is 8.67. The van der Waals surface area contributed by atoms with Crippen LogP contribution >= 0.6 is 27.5 Å². The fourth-order valence-electron chi connectivity index (χ4n) is 1.05. The van der Waals surface area contributed by atoms with E-state index in [9.17, 15) is 5.11 Å². The highest BCUT2D eigenvalue weighted by molar-refractivity contribution is 9.10. The molecule has 1 heterocycles. The number of aromatic hydroxyl groups is 1. The lowest BCUT2D eigenvalue weighted by Crippen LogP contribution is -1.86. The van der Waals surface area contributed by atoms with Gasteiger partial charge in [0.2, 0.25) is 0 Å². The largest absolute Gasteiger partial charge is 0.508 e. The monoisotopic (exact) mass is 258 g/mol. The van der Waals surface area contributed by atoms with E-state index < -0.39 is 0 Å². The Kier molecular flexibility index (Phi) is 2.09. The fraction of sp³-hybridized carbons (Fsp3) is 0. The minimum absolute atomic E-state index is 0.153. The second-order valence-corrected chi connectivity index (χ2v) is 3.55. The number of benzene rings is 1. The van der Waals surface area contributed by atoms with Gasteiger partial charge in [0, 0.05) is 5.39 Å². The summed E-state index contributed by atoms with van der Waals surface area (Å²) in [5.74, 6) is 0.153. The number of phenolic OH excluding ortho intramolecular Hbond substituents is 1. The van der Waals surface area contributed by atoms with Gasteiger partial charge in [0.15, 0.2) is 4.73 Å². The number of fused-ring (bicyclic) bond motifs is 1. The standard InChI is InChI=1S/C8H4BrClN2O/c9-8-11-6-2-1-4(13)3-5(6)7(10)12-8/h1-3,13H. The maximum absolute atomic E-state index is 9.20. The van der Waals surface area contributed by atoms with Crippen molar-refractivity contribution in [1.82, 2.24) is 9.97 Å². The van der Waals surface area contributed by atoms with Crippen molar-refractivity contribution in [3.05, 3.63) is 28.1 Å². The Morgan fingerprint density at radius 3 is 2.85 bits per heavy atom. The third kappa shape index (κ3) is 1.59. The quantitative estimate of drug-likeness (QED) is 0.584. The van der Waals surface area contributed by atoms with Crippen LogP contribution in [0.1, 0.15) is 0 Å². The Hall–Kier alpha value is -0.870. The molecule has 0 fully saturated rings. The van der Waals surface area contributed by atoms with Crippen LogP contribution in [0, 0.1) is 0 Å². The van der Waals surface area contributed by atoms with Crippen LogP contribution in [0.5, 0.6) is 5.75 Å². The minimum Gasteiger partial charge on any atom is -0.508 e. The van der Waals surface area contributed by atoms with Crippen LogP contribution < -0.4 is 0 Å². The maximum Gasteiger partial charge on any atom is 0.198 e. The summed E-state index contributed by atoms with van der Waals surface area (Å²) in [6.07, 6.45) is 0. The number of phenols is 1. The smallest absolute Gasteiger partial charge is 0.198 e. The number of rotatable bonds is 0. The van der Waals surface area contributed by atoms with Crippen LogP contribution in [-0.2, 0) is 0 Å². The lowest BCUT2D eigenvalue weighted by atomic mass is 10.2. The molecule has 2 aromatic rings. The Bertz CT molecular complexity index is 475. The number of hydrogen-bond donors (Lipinski definition) is 1. The van der Waals surface area contributed by atoms with Gasteiger partial charge in [-0.05, 0) is 34.1 Å². The van der Waals surface area contributed by atoms with Crippen LogP contribution in [-0.4, -0.2) is 15.1 Å². The molecular weight excluding hydrogens is 255 g/mol. The molecule has 0 radical (unpaired) electrons. The predicted octanol–water partition coefficient (Wildman–Crippen LogP) is 2.75. The molecule has 2 rings (SSSR count). The summed E-state index contributed by atoms with van der Waals surface area (Å²) in [5, 5.41) is 10.2. The van der Waals surface area contributed by atoms with Crippen molar-refractivity contribution in [3.63, 3.8) is 0 Å². The molecule has 0 aliphatic heterocycles. The summed E-state index contributed by atoms with van der Waals surface area (Å²) >= 11 is 8.97. The van der Waals surface area contributed by atoms with Gasteiger partial charge >= 0.3 is 0 Å². The van der Waals surface area contributed by atoms with Gasteiger partial charge in [-0.1, -0.05) is 11.6 Å². The molecule has 0 saturated heterocycles. The summed E-state index contributed by atoms with van der Waals surface area (Å²) in [5.41, 5.74) is 0.699. The van der Waals surface area contributed by atoms with Gasteiger partial charge in [-0.15, -0.1) is 0 Å². The number of nitrogens with zero attached hydrogens (tertiary/aromatic N) is 2. The van der Waals surface area contributed by atoms with E-state index in [1.165, 1.54) is 6.07 Å². The number of hydrogen-bond acceptors (Lipinski definition) is 3. The zero-order chi connectivity index (χ0) is 9.42. The Labute approximate surface area is 87.5 Å². The normalized spacial score (nSPS) is 10.6. The van der Waals surface area contributed by atoms with Crippen molar-refractivity contribution < 1.29 is 5.11 Å². The molecular formula is C8H4BrClN2O. The molecule has 1 aromatic carbocycles. The lowest BCUT2D eigenvalue weighted by Gasteiger charge is -2.00. The van der Waals surface area contributed by atoms with Gasteiger partial charge in [0.05, 0.1) is 5.52 Å². The minimum atomic E-state index is 0.153. The predicted molar refractivity (Wildman–Crippen MR) is 53.9 cm³/mol. The van der Waals surface area contributed by atoms with Gasteiger partial charge in [0.25, 0.3) is 0 Å². The third-order valence-corrected chi connectivity index (χ3v) is 2.25. The summed E-state index contributed by atoms with van der Waals surface area (Å²) in [7, 11) is 0. The Morgan fingerprint density at radius 2 is 2.08 bits per heavy atom. The van der Waals surface area contributed by atoms with E-state index in [2.05, 4.69) is 25.9 Å². The molecule has 66 valence electrons. The molecule has 0 aliphatic rings. The van der Waals surface area contributed by atoms with Gasteiger partial charge in [-0.25, -0.2) is 9.97 Å². The highest BCUT2D eigenvalue weighted by Gasteiger charge is 2.04. The van der Waals surface area contributed by atoms with E-state index in [0.29, 0.717) is 20.8 Å². The van der Waals surface area contributed by atoms with E-state index in [-0.39, 0.29) is 5.75 Å². The first-order valence-electron chi connectivity index (χ1n) is 3.48. The molecule has 0 aliphatic carbocycles. The first-order valence-corrected chi connectivity index (χ1v) is 4.65. The molecule has 0 saturated carbocycles. The zero-order valence-electron chi connectivity index (χ0n) is 6.33. The SMILES string of the molecule is Oc1ccc2nc(Br)nc(Cl)c2c1. The molecule has 5 heteroatoms. The first kappa shape index (κ1) is 8.72. The average molecular weight is 259 g/mol. The van der Waals surface area contributed by atoms with Crippen molar-refractivity contribution in [2.75, 3.05) is 0 Å². The molecule has 0 amide bonds. The molecule has 0 atom stereocenters. The molecule has 3 nitrogen and oxygen atoms in total. The highest BCUT2D eigenvalue weighted by Crippen LogP contribution is 2.25. The van der Waals surface area contributed by atoms with E-state index in [1.54, 1.807) is 12.1 Å². The van der Waals surface area contributed by atoms with Crippen LogP contribution in [0.4, 0.5) is 0 Å². The van der Waals surface area contributed by atoms with Crippen LogP contribution in [0.15, 0.2) is 22.9 Å². The van der Waals surface area contributed by atoms with Crippen LogP contribution in [0.25, 0.3) is 10.9 Å². The summed E-state index contributed by atoms with van der Waals surface area (Å²) in [6.45, 7) is 0. The third-order valence-electron chi connectivity index (χ3n) is 1.61. The van der Waals surface area contributed by atoms with E-state index in [4.69, 9.17) is 11.6 Å². The molecule has 0 unspecified atom stereocenters. The van der Waals surface area contributed by atoms with E-state index in [0.717, 1.165) is 0 Å². The van der Waals surface area contributed by atoms with Crippen molar-refractivity contribution in [1.29, 1.82) is 0 Å². The molecule has 0 bridgehead atoms. The van der Waals surface area contributed by atoms with Gasteiger partial charge < -0.3 is 5.11 Å². The average Bonchev–Trinajstić information content (AvgIpc) is 2.06. The van der Waals surface area contributed by atoms with Crippen molar-refractivity contribution in [2.24, 2.45) is 0 Å². The van der Waals surface area contributed by atoms with Gasteiger partial charge in [-0.2, -0.15) is 0 Å². The fourth-order valence-corrected chi connectivity index (χ4v) is 1.75. The second-order valence-electron chi connectivity index (χ2n) is 2.48. The summed E-state index contributed by atoms with van der Waals surface area (Å²) in [6, 6.07) is 4.77. The molecule has 13 heavy (non-hydrogen) atoms. The molecule has 0 spiro atoms. The number of aromatic nitrogens is 2. The number of halogens is 2. The van der Waals surface area contributed by atoms with E-state index in [1.807, 2.05) is 0 Å². The topological polar surface area (TPSA) is 46.0 Å². The van der Waals surface area contributed by atoms with Gasteiger partial charge in [-0.3, -0.25) is 0 Å². The second kappa shape index (κ2) is 3.12. The van der Waals surface area contributed by atoms with Gasteiger partial charge in [0.1, 0.15) is 10.9 Å². The highest BCUT2D eigenvalue weighted by atomic mass is 79.9. The summed E-state index contributed by atoms with van der Waals surface area (Å²) in [4.78, 5) is 7.99. The molecule has 1 aromatic heterocycles. The van der Waals surface area contributed by atoms with E-state index >= 15 is 0 Å². The maximum atomic E-state index is 9.20. The lowest BCUT2D eigenvalue weighted by molar-refractivity contribution is 0.476. The Morgan fingerprint density at radius 1 is 1.31 bits per heavy atom. The van der Waals surface area contributed by atoms with Crippen LogP contribution in [0.3, 0.4) is 0 Å². The molecule has 1 N–H and O–H groups in total. The summed E-state index contributed by atoms with van der Waals surface area (Å²) < 4.78 is 0.440. The van der Waals surface area contributed by atoms with Crippen molar-refractivity contribution in [3.8, 4) is 5.75 Å².